The van der Waals surface area contributed by atoms with Crippen LogP contribution in [-0.2, 0) is 19.5 Å². The van der Waals surface area contributed by atoms with Gasteiger partial charge in [0.15, 0.2) is 11.8 Å². The zero-order chi connectivity index (χ0) is 18.6. The van der Waals surface area contributed by atoms with Gasteiger partial charge in [0.05, 0.1) is 6.54 Å². The third-order valence-corrected chi connectivity index (χ3v) is 5.32. The first-order chi connectivity index (χ1) is 13.2. The number of hydrogen-bond donors (Lipinski definition) is 1. The fraction of sp³-hybridized carbons (Fsp3) is 0.526. The summed E-state index contributed by atoms with van der Waals surface area (Å²) in [6.07, 6.45) is 3.41. The van der Waals surface area contributed by atoms with E-state index >= 15 is 0 Å². The van der Waals surface area contributed by atoms with Crippen LogP contribution in [0.5, 0.6) is 0 Å². The maximum absolute atomic E-state index is 13.1. The van der Waals surface area contributed by atoms with E-state index in [0.29, 0.717) is 6.54 Å². The first-order valence-corrected chi connectivity index (χ1v) is 9.61. The molecule has 4 rings (SSSR count). The lowest BCUT2D eigenvalue weighted by molar-refractivity contribution is 0.371. The van der Waals surface area contributed by atoms with Crippen molar-refractivity contribution < 1.29 is 4.39 Å². The highest BCUT2D eigenvalue weighted by molar-refractivity contribution is 14.0. The van der Waals surface area contributed by atoms with Crippen LogP contribution in [0.4, 0.5) is 10.1 Å². The lowest BCUT2D eigenvalue weighted by atomic mass is 10.2. The Hall–Kier alpha value is -1.91. The second-order valence-electron chi connectivity index (χ2n) is 6.99. The molecule has 0 unspecified atom stereocenters. The summed E-state index contributed by atoms with van der Waals surface area (Å²) in [6.45, 7) is 5.15. The molecule has 1 fully saturated rings. The first-order valence-electron chi connectivity index (χ1n) is 9.61. The van der Waals surface area contributed by atoms with Crippen molar-refractivity contribution in [2.45, 2.75) is 32.4 Å². The Balaban J connectivity index is 0.00000225. The average molecular weight is 499 g/mol. The molecule has 2 aliphatic heterocycles. The number of benzene rings is 1. The van der Waals surface area contributed by atoms with Gasteiger partial charge in [0, 0.05) is 51.9 Å². The molecule has 0 radical (unpaired) electrons. The monoisotopic (exact) mass is 499 g/mol. The van der Waals surface area contributed by atoms with Crippen LogP contribution in [0.1, 0.15) is 24.5 Å². The number of fused-ring (bicyclic) bond motifs is 1. The molecule has 0 aliphatic carbocycles. The summed E-state index contributed by atoms with van der Waals surface area (Å²) in [5.74, 6) is 2.77. The maximum Gasteiger partial charge on any atom is 0.194 e. The molecule has 7 nitrogen and oxygen atoms in total. The molecular formula is C19H27FIN7. The summed E-state index contributed by atoms with van der Waals surface area (Å²) in [5, 5.41) is 12.1. The number of hydrogen-bond acceptors (Lipinski definition) is 4. The lowest BCUT2D eigenvalue weighted by Gasteiger charge is -2.37. The van der Waals surface area contributed by atoms with Gasteiger partial charge in [-0.3, -0.25) is 4.99 Å². The predicted octanol–water partition coefficient (Wildman–Crippen LogP) is 2.27. The number of nitrogens with zero attached hydrogens (tertiary/aromatic N) is 6. The van der Waals surface area contributed by atoms with Gasteiger partial charge in [-0.2, -0.15) is 0 Å². The van der Waals surface area contributed by atoms with Crippen LogP contribution < -0.4 is 10.2 Å². The van der Waals surface area contributed by atoms with Crippen LogP contribution in [-0.4, -0.2) is 58.9 Å². The van der Waals surface area contributed by atoms with Gasteiger partial charge in [-0.25, -0.2) is 4.39 Å². The van der Waals surface area contributed by atoms with Crippen LogP contribution in [0, 0.1) is 5.82 Å². The van der Waals surface area contributed by atoms with E-state index < -0.39 is 0 Å². The van der Waals surface area contributed by atoms with Crippen molar-refractivity contribution >= 4 is 35.6 Å². The third kappa shape index (κ3) is 4.56. The number of aliphatic imine (C=N–C) groups is 1. The van der Waals surface area contributed by atoms with Crippen molar-refractivity contribution in [2.75, 3.05) is 38.1 Å². The van der Waals surface area contributed by atoms with Crippen molar-refractivity contribution in [1.29, 1.82) is 0 Å². The summed E-state index contributed by atoms with van der Waals surface area (Å²) in [4.78, 5) is 8.97. The minimum Gasteiger partial charge on any atom is -0.368 e. The topological polar surface area (TPSA) is 61.6 Å². The van der Waals surface area contributed by atoms with E-state index in [9.17, 15) is 4.39 Å². The van der Waals surface area contributed by atoms with Crippen molar-refractivity contribution in [3.8, 4) is 0 Å². The van der Waals surface area contributed by atoms with Gasteiger partial charge in [0.2, 0.25) is 0 Å². The fourth-order valence-corrected chi connectivity index (χ4v) is 3.82. The molecule has 0 amide bonds. The van der Waals surface area contributed by atoms with E-state index in [0.717, 1.165) is 62.4 Å². The predicted molar refractivity (Wildman–Crippen MR) is 119 cm³/mol. The number of nitrogens with one attached hydrogen (secondary N) is 1. The Morgan fingerprint density at radius 2 is 1.82 bits per heavy atom. The standard InChI is InChI=1S/C19H26FN7.HI/c1-21-19(22-14-18-24-23-17-4-2-3-9-27(17)18)26-12-10-25(11-13-26)16-7-5-15(20)6-8-16;/h5-8H,2-4,9-14H2,1H3,(H,21,22);1H. The molecule has 28 heavy (non-hydrogen) atoms. The van der Waals surface area contributed by atoms with Crippen LogP contribution in [0.3, 0.4) is 0 Å². The fourth-order valence-electron chi connectivity index (χ4n) is 3.82. The summed E-state index contributed by atoms with van der Waals surface area (Å²) in [6, 6.07) is 6.71. The molecule has 0 bridgehead atoms. The number of anilines is 1. The maximum atomic E-state index is 13.1. The minimum atomic E-state index is -0.197. The van der Waals surface area contributed by atoms with E-state index in [1.54, 1.807) is 0 Å². The Morgan fingerprint density at radius 1 is 1.07 bits per heavy atom. The van der Waals surface area contributed by atoms with Gasteiger partial charge in [0.1, 0.15) is 11.6 Å². The molecular weight excluding hydrogens is 472 g/mol. The Labute approximate surface area is 182 Å². The summed E-state index contributed by atoms with van der Waals surface area (Å²) >= 11 is 0. The normalized spacial score (nSPS) is 17.1. The zero-order valence-electron chi connectivity index (χ0n) is 16.1. The highest BCUT2D eigenvalue weighted by Crippen LogP contribution is 2.17. The number of rotatable bonds is 3. The van der Waals surface area contributed by atoms with Crippen molar-refractivity contribution in [3.05, 3.63) is 41.7 Å². The molecule has 152 valence electrons. The zero-order valence-corrected chi connectivity index (χ0v) is 18.5. The molecule has 3 heterocycles. The number of aromatic nitrogens is 3. The van der Waals surface area contributed by atoms with Crippen LogP contribution in [0.2, 0.25) is 0 Å². The number of piperazine rings is 1. The molecule has 2 aliphatic rings. The van der Waals surface area contributed by atoms with Crippen molar-refractivity contribution in [3.63, 3.8) is 0 Å². The second-order valence-corrected chi connectivity index (χ2v) is 6.99. The second kappa shape index (κ2) is 9.53. The summed E-state index contributed by atoms with van der Waals surface area (Å²) in [5.41, 5.74) is 1.06. The number of guanidine groups is 1. The van der Waals surface area contributed by atoms with Crippen molar-refractivity contribution in [2.24, 2.45) is 4.99 Å². The lowest BCUT2D eigenvalue weighted by Crippen LogP contribution is -2.52. The van der Waals surface area contributed by atoms with Gasteiger partial charge in [-0.1, -0.05) is 0 Å². The first kappa shape index (κ1) is 20.8. The molecule has 9 heteroatoms. The Kier molecular flexibility index (Phi) is 7.08. The van der Waals surface area contributed by atoms with Gasteiger partial charge in [0.25, 0.3) is 0 Å². The number of aryl methyl sites for hydroxylation is 1. The highest BCUT2D eigenvalue weighted by atomic mass is 127. The van der Waals surface area contributed by atoms with Gasteiger partial charge in [-0.05, 0) is 37.1 Å². The molecule has 0 atom stereocenters. The molecule has 1 N–H and O–H groups in total. The third-order valence-electron chi connectivity index (χ3n) is 5.32. The van der Waals surface area contributed by atoms with E-state index in [2.05, 4.69) is 34.9 Å². The van der Waals surface area contributed by atoms with E-state index in [4.69, 9.17) is 0 Å². The quantitative estimate of drug-likeness (QED) is 0.399. The molecule has 1 aromatic heterocycles. The molecule has 2 aromatic rings. The van der Waals surface area contributed by atoms with Crippen LogP contribution in [0.15, 0.2) is 29.3 Å². The van der Waals surface area contributed by atoms with Gasteiger partial charge < -0.3 is 19.7 Å². The molecule has 1 aromatic carbocycles. The number of halogens is 2. The van der Waals surface area contributed by atoms with Crippen molar-refractivity contribution in [1.82, 2.24) is 25.0 Å². The van der Waals surface area contributed by atoms with Crippen LogP contribution in [0.25, 0.3) is 0 Å². The Morgan fingerprint density at radius 3 is 2.54 bits per heavy atom. The highest BCUT2D eigenvalue weighted by Gasteiger charge is 2.21. The molecule has 1 saturated heterocycles. The van der Waals surface area contributed by atoms with E-state index in [1.807, 2.05) is 19.2 Å². The molecule has 0 saturated carbocycles. The largest absolute Gasteiger partial charge is 0.368 e. The summed E-state index contributed by atoms with van der Waals surface area (Å²) in [7, 11) is 1.81. The van der Waals surface area contributed by atoms with E-state index in [1.165, 1.54) is 25.0 Å². The minimum absolute atomic E-state index is 0. The van der Waals surface area contributed by atoms with E-state index in [-0.39, 0.29) is 29.8 Å². The average Bonchev–Trinajstić information content (AvgIpc) is 3.13. The molecule has 0 spiro atoms. The smallest absolute Gasteiger partial charge is 0.194 e. The SMILES string of the molecule is CN=C(NCc1nnc2n1CCCC2)N1CCN(c2ccc(F)cc2)CC1.I. The van der Waals surface area contributed by atoms with Gasteiger partial charge in [-0.15, -0.1) is 34.2 Å². The summed E-state index contributed by atoms with van der Waals surface area (Å²) < 4.78 is 15.3. The Bertz CT molecular complexity index is 797. The van der Waals surface area contributed by atoms with Gasteiger partial charge >= 0.3 is 0 Å². The van der Waals surface area contributed by atoms with Crippen LogP contribution >= 0.6 is 24.0 Å².